The van der Waals surface area contributed by atoms with Gasteiger partial charge in [-0.15, -0.1) is 0 Å². The maximum Gasteiger partial charge on any atom is 0.315 e. The smallest absolute Gasteiger partial charge is 0.315 e. The molecule has 0 fully saturated rings. The van der Waals surface area contributed by atoms with Crippen LogP contribution in [0.25, 0.3) is 0 Å². The van der Waals surface area contributed by atoms with Gasteiger partial charge in [-0.3, -0.25) is 0 Å². The Balaban J connectivity index is 3.90. The third-order valence-corrected chi connectivity index (χ3v) is 3.74. The average Bonchev–Trinajstić information content (AvgIpc) is 2.60. The van der Waals surface area contributed by atoms with Crippen LogP contribution in [-0.2, 0) is 14.2 Å². The van der Waals surface area contributed by atoms with Crippen LogP contribution in [-0.4, -0.2) is 88.0 Å². The van der Waals surface area contributed by atoms with Crippen molar-refractivity contribution in [2.24, 2.45) is 11.5 Å². The van der Waals surface area contributed by atoms with E-state index >= 15 is 0 Å². The van der Waals surface area contributed by atoms with E-state index in [0.29, 0.717) is 39.6 Å². The van der Waals surface area contributed by atoms with Crippen LogP contribution in [0.5, 0.6) is 0 Å². The summed E-state index contributed by atoms with van der Waals surface area (Å²) in [4.78, 5) is 24.0. The van der Waals surface area contributed by atoms with Crippen molar-refractivity contribution in [3.63, 3.8) is 0 Å². The quantitative estimate of drug-likeness (QED) is 0.192. The second-order valence-electron chi connectivity index (χ2n) is 8.41. The third-order valence-electron chi connectivity index (χ3n) is 3.74. The Morgan fingerprint density at radius 1 is 0.548 bits per heavy atom. The Kier molecular flexibility index (Phi) is 16.1. The molecule has 6 unspecified atom stereocenters. The number of rotatable bonds is 16. The lowest BCUT2D eigenvalue weighted by Crippen LogP contribution is -2.48. The van der Waals surface area contributed by atoms with Crippen molar-refractivity contribution in [1.29, 1.82) is 0 Å². The fourth-order valence-electron chi connectivity index (χ4n) is 2.43. The summed E-state index contributed by atoms with van der Waals surface area (Å²) in [6, 6.07) is -1.33. The van der Waals surface area contributed by atoms with E-state index in [2.05, 4.69) is 21.3 Å². The largest absolute Gasteiger partial charge is 0.378 e. The number of urea groups is 2. The van der Waals surface area contributed by atoms with Crippen LogP contribution in [0.3, 0.4) is 0 Å². The van der Waals surface area contributed by atoms with Crippen molar-refractivity contribution in [3.8, 4) is 0 Å². The molecular weight excluding hydrogens is 404 g/mol. The van der Waals surface area contributed by atoms with Crippen LogP contribution in [0, 0.1) is 0 Å². The Labute approximate surface area is 186 Å². The Morgan fingerprint density at radius 2 is 0.774 bits per heavy atom. The number of nitrogens with two attached hydrogens (primary N) is 2. The number of ether oxygens (including phenoxy) is 3. The van der Waals surface area contributed by atoms with Crippen LogP contribution in [0.1, 0.15) is 41.5 Å². The lowest BCUT2D eigenvalue weighted by molar-refractivity contribution is 0.0971. The van der Waals surface area contributed by atoms with Gasteiger partial charge in [0.25, 0.3) is 0 Å². The van der Waals surface area contributed by atoms with Crippen LogP contribution in [0.2, 0.25) is 0 Å². The van der Waals surface area contributed by atoms with Gasteiger partial charge in [-0.2, -0.15) is 0 Å². The van der Waals surface area contributed by atoms with E-state index < -0.39 is 0 Å². The summed E-state index contributed by atoms with van der Waals surface area (Å²) in [7, 11) is 0. The highest BCUT2D eigenvalue weighted by Crippen LogP contribution is 1.92. The van der Waals surface area contributed by atoms with Gasteiger partial charge in [0, 0.05) is 12.1 Å². The predicted octanol–water partition coefficient (Wildman–Crippen LogP) is -0.117. The number of hydrogen-bond acceptors (Lipinski definition) is 7. The van der Waals surface area contributed by atoms with Gasteiger partial charge < -0.3 is 46.9 Å². The van der Waals surface area contributed by atoms with E-state index in [1.165, 1.54) is 0 Å². The summed E-state index contributed by atoms with van der Waals surface area (Å²) < 4.78 is 16.4. The molecule has 0 aromatic rings. The standard InChI is InChI=1S/C20H44N6O5/c1-13(21)7-29-9-15(3)23-19(27)25-17(5)11-31-12-18(6)26-20(28)24-16(4)10-30-8-14(2)22/h13-18H,7-12,21-22H2,1-6H3,(H2,23,25,27)(H2,24,26,28). The first-order chi connectivity index (χ1) is 14.5. The van der Waals surface area contributed by atoms with E-state index in [1.54, 1.807) is 0 Å². The van der Waals surface area contributed by atoms with Crippen molar-refractivity contribution in [3.05, 3.63) is 0 Å². The number of nitrogens with one attached hydrogen (secondary N) is 4. The molecule has 0 saturated heterocycles. The number of hydrogen-bond donors (Lipinski definition) is 6. The normalized spacial score (nSPS) is 17.0. The molecule has 0 saturated carbocycles. The number of amides is 4. The zero-order chi connectivity index (χ0) is 23.8. The molecule has 0 aliphatic heterocycles. The van der Waals surface area contributed by atoms with Crippen molar-refractivity contribution in [1.82, 2.24) is 21.3 Å². The lowest BCUT2D eigenvalue weighted by Gasteiger charge is -2.21. The number of carbonyl (C=O) groups excluding carboxylic acids is 2. The molecule has 0 aliphatic carbocycles. The molecule has 0 aromatic heterocycles. The van der Waals surface area contributed by atoms with Gasteiger partial charge in [0.2, 0.25) is 0 Å². The zero-order valence-electron chi connectivity index (χ0n) is 19.9. The predicted molar refractivity (Wildman–Crippen MR) is 121 cm³/mol. The highest BCUT2D eigenvalue weighted by atomic mass is 16.5. The lowest BCUT2D eigenvalue weighted by atomic mass is 10.3. The van der Waals surface area contributed by atoms with Crippen molar-refractivity contribution in [2.75, 3.05) is 39.6 Å². The Morgan fingerprint density at radius 3 is 1.00 bits per heavy atom. The van der Waals surface area contributed by atoms with Crippen LogP contribution in [0.15, 0.2) is 0 Å². The molecule has 0 spiro atoms. The Hall–Kier alpha value is -1.66. The van der Waals surface area contributed by atoms with Gasteiger partial charge >= 0.3 is 12.1 Å². The first-order valence-electron chi connectivity index (χ1n) is 10.9. The van der Waals surface area contributed by atoms with E-state index in [-0.39, 0.29) is 48.3 Å². The molecule has 184 valence electrons. The fourth-order valence-corrected chi connectivity index (χ4v) is 2.43. The summed E-state index contributed by atoms with van der Waals surface area (Å²) in [5.41, 5.74) is 11.2. The minimum absolute atomic E-state index is 0.0381. The van der Waals surface area contributed by atoms with Crippen LogP contribution >= 0.6 is 0 Å². The van der Waals surface area contributed by atoms with E-state index in [1.807, 2.05) is 41.5 Å². The second-order valence-corrected chi connectivity index (χ2v) is 8.41. The molecule has 4 amide bonds. The van der Waals surface area contributed by atoms with Gasteiger partial charge in [0.15, 0.2) is 0 Å². The summed E-state index contributed by atoms with van der Waals surface area (Å²) in [6.07, 6.45) is 0. The van der Waals surface area contributed by atoms with Crippen LogP contribution < -0.4 is 32.7 Å². The molecule has 8 N–H and O–H groups in total. The highest BCUT2D eigenvalue weighted by Gasteiger charge is 2.13. The van der Waals surface area contributed by atoms with Gasteiger partial charge in [0.1, 0.15) is 0 Å². The fraction of sp³-hybridized carbons (Fsp3) is 0.900. The summed E-state index contributed by atoms with van der Waals surface area (Å²) in [6.45, 7) is 13.4. The van der Waals surface area contributed by atoms with Gasteiger partial charge in [-0.25, -0.2) is 9.59 Å². The molecule has 0 rings (SSSR count). The summed E-state index contributed by atoms with van der Waals surface area (Å²) in [5.74, 6) is 0. The van der Waals surface area contributed by atoms with E-state index in [9.17, 15) is 9.59 Å². The highest BCUT2D eigenvalue weighted by molar-refractivity contribution is 5.74. The monoisotopic (exact) mass is 448 g/mol. The Bertz CT molecular complexity index is 453. The molecule has 11 nitrogen and oxygen atoms in total. The first kappa shape index (κ1) is 29.3. The third kappa shape index (κ3) is 18.8. The molecule has 0 aromatic carbocycles. The molecule has 0 bridgehead atoms. The van der Waals surface area contributed by atoms with Gasteiger partial charge in [-0.1, -0.05) is 0 Å². The summed E-state index contributed by atoms with van der Waals surface area (Å²) in [5, 5.41) is 11.2. The van der Waals surface area contributed by atoms with Gasteiger partial charge in [0.05, 0.1) is 63.8 Å². The molecule has 0 heterocycles. The molecule has 11 heteroatoms. The first-order valence-corrected chi connectivity index (χ1v) is 10.9. The number of carbonyl (C=O) groups is 2. The van der Waals surface area contributed by atoms with Crippen molar-refractivity contribution in [2.45, 2.75) is 77.8 Å². The molecule has 0 aliphatic rings. The zero-order valence-corrected chi connectivity index (χ0v) is 19.9. The van der Waals surface area contributed by atoms with E-state index in [4.69, 9.17) is 25.7 Å². The topological polar surface area (TPSA) is 162 Å². The second kappa shape index (κ2) is 17.0. The molecule has 31 heavy (non-hydrogen) atoms. The molecular formula is C20H44N6O5. The van der Waals surface area contributed by atoms with Gasteiger partial charge in [-0.05, 0) is 41.5 Å². The van der Waals surface area contributed by atoms with E-state index in [0.717, 1.165) is 0 Å². The minimum Gasteiger partial charge on any atom is -0.378 e. The summed E-state index contributed by atoms with van der Waals surface area (Å²) >= 11 is 0. The minimum atomic E-state index is -0.293. The maximum atomic E-state index is 12.0. The average molecular weight is 449 g/mol. The molecule has 0 radical (unpaired) electrons. The van der Waals surface area contributed by atoms with Crippen LogP contribution in [0.4, 0.5) is 9.59 Å². The SMILES string of the molecule is CC(N)COCC(C)NC(=O)NC(C)COCC(C)NC(=O)NC(C)COCC(C)N. The van der Waals surface area contributed by atoms with Crippen molar-refractivity contribution >= 4 is 12.1 Å². The van der Waals surface area contributed by atoms with Crippen molar-refractivity contribution < 1.29 is 23.8 Å². The molecule has 6 atom stereocenters. The maximum absolute atomic E-state index is 12.0.